The van der Waals surface area contributed by atoms with Crippen molar-refractivity contribution in [3.8, 4) is 0 Å². The smallest absolute Gasteiger partial charge is 0.239 e. The lowest BCUT2D eigenvalue weighted by Crippen LogP contribution is -2.56. The predicted molar refractivity (Wildman–Crippen MR) is 110 cm³/mol. The zero-order valence-corrected chi connectivity index (χ0v) is 17.4. The second kappa shape index (κ2) is 10.3. The molecule has 0 spiro atoms. The van der Waals surface area contributed by atoms with Gasteiger partial charge in [0.25, 0.3) is 0 Å². The minimum absolute atomic E-state index is 0.110. The number of piperidine rings is 1. The van der Waals surface area contributed by atoms with Crippen molar-refractivity contribution in [2.75, 3.05) is 45.0 Å². The van der Waals surface area contributed by atoms with E-state index in [1.54, 1.807) is 18.2 Å². The highest BCUT2D eigenvalue weighted by Gasteiger charge is 2.30. The number of amides is 2. The molecular formula is C21H30FN3O2S. The third kappa shape index (κ3) is 5.47. The van der Waals surface area contributed by atoms with Crippen LogP contribution in [0.15, 0.2) is 29.2 Å². The average molecular weight is 408 g/mol. The van der Waals surface area contributed by atoms with Crippen LogP contribution >= 0.6 is 11.8 Å². The Hall–Kier alpha value is -1.60. The molecule has 2 aliphatic rings. The first kappa shape index (κ1) is 21.1. The second-order valence-electron chi connectivity index (χ2n) is 7.51. The quantitative estimate of drug-likeness (QED) is 0.680. The number of thioether (sulfide) groups is 1. The van der Waals surface area contributed by atoms with E-state index in [-0.39, 0.29) is 23.7 Å². The van der Waals surface area contributed by atoms with E-state index < -0.39 is 0 Å². The van der Waals surface area contributed by atoms with Crippen LogP contribution in [0.2, 0.25) is 0 Å². The van der Waals surface area contributed by atoms with E-state index in [2.05, 4.69) is 4.90 Å². The zero-order valence-electron chi connectivity index (χ0n) is 16.6. The maximum atomic E-state index is 13.6. The predicted octanol–water partition coefficient (Wildman–Crippen LogP) is 2.85. The monoisotopic (exact) mass is 407 g/mol. The summed E-state index contributed by atoms with van der Waals surface area (Å²) in [7, 11) is 0. The first-order chi connectivity index (χ1) is 13.6. The molecule has 0 N–H and O–H groups in total. The molecule has 2 fully saturated rings. The number of likely N-dealkylation sites (tertiary alicyclic amines) is 1. The highest BCUT2D eigenvalue weighted by molar-refractivity contribution is 7.99. The summed E-state index contributed by atoms with van der Waals surface area (Å²) in [6.45, 7) is 6.50. The highest BCUT2D eigenvalue weighted by atomic mass is 32.2. The van der Waals surface area contributed by atoms with Gasteiger partial charge in [-0.15, -0.1) is 11.8 Å². The maximum absolute atomic E-state index is 13.6. The summed E-state index contributed by atoms with van der Waals surface area (Å²) in [5.41, 5.74) is 0. The third-order valence-electron chi connectivity index (χ3n) is 5.65. The number of hydrogen-bond acceptors (Lipinski definition) is 4. The van der Waals surface area contributed by atoms with E-state index in [0.29, 0.717) is 30.2 Å². The molecule has 2 heterocycles. The van der Waals surface area contributed by atoms with Gasteiger partial charge in [-0.1, -0.05) is 12.1 Å². The number of benzene rings is 1. The van der Waals surface area contributed by atoms with Gasteiger partial charge >= 0.3 is 0 Å². The van der Waals surface area contributed by atoms with E-state index in [9.17, 15) is 14.0 Å². The van der Waals surface area contributed by atoms with Gasteiger partial charge < -0.3 is 9.80 Å². The van der Waals surface area contributed by atoms with Crippen molar-refractivity contribution < 1.29 is 14.0 Å². The number of rotatable bonds is 6. The maximum Gasteiger partial charge on any atom is 0.239 e. The molecule has 28 heavy (non-hydrogen) atoms. The molecule has 1 unspecified atom stereocenters. The molecule has 2 aliphatic heterocycles. The van der Waals surface area contributed by atoms with Crippen LogP contribution in [-0.2, 0) is 9.59 Å². The Morgan fingerprint density at radius 1 is 1.00 bits per heavy atom. The molecule has 1 aromatic carbocycles. The van der Waals surface area contributed by atoms with Gasteiger partial charge in [0.05, 0.1) is 6.04 Å². The van der Waals surface area contributed by atoms with Gasteiger partial charge in [0, 0.05) is 56.3 Å². The van der Waals surface area contributed by atoms with Crippen molar-refractivity contribution in [3.05, 3.63) is 30.1 Å². The van der Waals surface area contributed by atoms with E-state index in [4.69, 9.17) is 0 Å². The summed E-state index contributed by atoms with van der Waals surface area (Å²) in [5.74, 6) is 0.671. The fraction of sp³-hybridized carbons (Fsp3) is 0.619. The SMILES string of the molecule is CC(C(=O)N1CCCCC1)N1CCN(C(=O)CCSc2ccccc2F)CC1. The summed E-state index contributed by atoms with van der Waals surface area (Å²) in [6.07, 6.45) is 3.83. The second-order valence-corrected chi connectivity index (χ2v) is 8.64. The summed E-state index contributed by atoms with van der Waals surface area (Å²) in [4.78, 5) is 31.8. The number of hydrogen-bond donors (Lipinski definition) is 0. The molecule has 2 saturated heterocycles. The number of carbonyl (C=O) groups excluding carboxylic acids is 2. The fourth-order valence-corrected chi connectivity index (χ4v) is 4.74. The Morgan fingerprint density at radius 2 is 1.68 bits per heavy atom. The molecule has 0 aliphatic carbocycles. The van der Waals surface area contributed by atoms with Crippen LogP contribution in [0.4, 0.5) is 4.39 Å². The molecule has 0 saturated carbocycles. The van der Waals surface area contributed by atoms with Crippen molar-refractivity contribution >= 4 is 23.6 Å². The minimum atomic E-state index is -0.235. The van der Waals surface area contributed by atoms with Crippen LogP contribution in [0.25, 0.3) is 0 Å². The first-order valence-corrected chi connectivity index (χ1v) is 11.2. The first-order valence-electron chi connectivity index (χ1n) is 10.2. The van der Waals surface area contributed by atoms with Crippen molar-refractivity contribution in [2.24, 2.45) is 0 Å². The fourth-order valence-electron chi connectivity index (χ4n) is 3.86. The van der Waals surface area contributed by atoms with Gasteiger partial charge in [-0.05, 0) is 38.3 Å². The summed E-state index contributed by atoms with van der Waals surface area (Å²) < 4.78 is 13.6. The van der Waals surface area contributed by atoms with Gasteiger partial charge in [-0.25, -0.2) is 4.39 Å². The van der Waals surface area contributed by atoms with Crippen LogP contribution in [0.3, 0.4) is 0 Å². The number of nitrogens with zero attached hydrogens (tertiary/aromatic N) is 3. The molecule has 3 rings (SSSR count). The van der Waals surface area contributed by atoms with Gasteiger partial charge in [-0.2, -0.15) is 0 Å². The van der Waals surface area contributed by atoms with Crippen molar-refractivity contribution in [1.29, 1.82) is 0 Å². The molecule has 0 aromatic heterocycles. The Bertz CT molecular complexity index is 673. The van der Waals surface area contributed by atoms with Crippen molar-refractivity contribution in [1.82, 2.24) is 14.7 Å². The lowest BCUT2D eigenvalue weighted by atomic mass is 10.1. The molecule has 0 bridgehead atoms. The molecule has 154 valence electrons. The molecule has 0 radical (unpaired) electrons. The zero-order chi connectivity index (χ0) is 19.9. The van der Waals surface area contributed by atoms with Gasteiger partial charge in [0.1, 0.15) is 5.82 Å². The highest BCUT2D eigenvalue weighted by Crippen LogP contribution is 2.22. The lowest BCUT2D eigenvalue weighted by molar-refractivity contribution is -0.139. The Morgan fingerprint density at radius 3 is 2.36 bits per heavy atom. The largest absolute Gasteiger partial charge is 0.341 e. The summed E-state index contributed by atoms with van der Waals surface area (Å²) >= 11 is 1.38. The Balaban J connectivity index is 1.39. The van der Waals surface area contributed by atoms with Gasteiger partial charge in [0.15, 0.2) is 0 Å². The normalized spacial score (nSPS) is 19.5. The Kier molecular flexibility index (Phi) is 7.73. The number of carbonyl (C=O) groups is 2. The van der Waals surface area contributed by atoms with E-state index in [0.717, 1.165) is 39.0 Å². The van der Waals surface area contributed by atoms with E-state index in [1.165, 1.54) is 24.2 Å². The minimum Gasteiger partial charge on any atom is -0.341 e. The van der Waals surface area contributed by atoms with Crippen LogP contribution in [0.1, 0.15) is 32.6 Å². The van der Waals surface area contributed by atoms with Crippen molar-refractivity contribution in [2.45, 2.75) is 43.5 Å². The molecule has 7 heteroatoms. The van der Waals surface area contributed by atoms with Crippen LogP contribution in [-0.4, -0.2) is 77.6 Å². The van der Waals surface area contributed by atoms with Gasteiger partial charge in [0.2, 0.25) is 11.8 Å². The van der Waals surface area contributed by atoms with Gasteiger partial charge in [-0.3, -0.25) is 14.5 Å². The molecule has 1 aromatic rings. The Labute approximate surface area is 171 Å². The summed E-state index contributed by atoms with van der Waals surface area (Å²) in [6, 6.07) is 6.53. The molecule has 5 nitrogen and oxygen atoms in total. The van der Waals surface area contributed by atoms with Crippen LogP contribution in [0.5, 0.6) is 0 Å². The molecular weight excluding hydrogens is 377 g/mol. The number of piperazine rings is 1. The molecule has 1 atom stereocenters. The average Bonchev–Trinajstić information content (AvgIpc) is 2.74. The molecule has 2 amide bonds. The van der Waals surface area contributed by atoms with Crippen LogP contribution < -0.4 is 0 Å². The topological polar surface area (TPSA) is 43.9 Å². The third-order valence-corrected chi connectivity index (χ3v) is 6.70. The summed E-state index contributed by atoms with van der Waals surface area (Å²) in [5, 5.41) is 0. The van der Waals surface area contributed by atoms with E-state index >= 15 is 0 Å². The van der Waals surface area contributed by atoms with Crippen molar-refractivity contribution in [3.63, 3.8) is 0 Å². The standard InChI is InChI=1S/C21H30FN3O2S/c1-17(21(27)25-10-5-2-6-11-25)23-12-14-24(15-13-23)20(26)9-16-28-19-8-4-3-7-18(19)22/h3-4,7-8,17H,2,5-6,9-16H2,1H3. The lowest BCUT2D eigenvalue weighted by Gasteiger charge is -2.39. The van der Waals surface area contributed by atoms with Crippen LogP contribution in [0, 0.1) is 5.82 Å². The van der Waals surface area contributed by atoms with E-state index in [1.807, 2.05) is 16.7 Å². The number of halogens is 1.